The molecule has 14 heavy (non-hydrogen) atoms. The maximum atomic E-state index is 4.22. The topological polar surface area (TPSA) is 24.9 Å². The van der Waals surface area contributed by atoms with Gasteiger partial charge in [0.25, 0.3) is 0 Å². The van der Waals surface area contributed by atoms with Crippen molar-refractivity contribution >= 4 is 17.2 Å². The highest BCUT2D eigenvalue weighted by Crippen LogP contribution is 2.21. The minimum absolute atomic E-state index is 0.324. The van der Waals surface area contributed by atoms with Gasteiger partial charge in [0.1, 0.15) is 5.82 Å². The Morgan fingerprint density at radius 2 is 2.21 bits per heavy atom. The van der Waals surface area contributed by atoms with Gasteiger partial charge in [-0.3, -0.25) is 0 Å². The van der Waals surface area contributed by atoms with Crippen molar-refractivity contribution in [3.8, 4) is 0 Å². The van der Waals surface area contributed by atoms with Gasteiger partial charge >= 0.3 is 0 Å². The average Bonchev–Trinajstić information content (AvgIpc) is 2.72. The number of rotatable bonds is 3. The summed E-state index contributed by atoms with van der Waals surface area (Å²) in [6.45, 7) is 2.14. The van der Waals surface area contributed by atoms with Crippen LogP contribution in [0, 0.1) is 0 Å². The van der Waals surface area contributed by atoms with Gasteiger partial charge in [-0.05, 0) is 30.5 Å². The molecule has 3 heteroatoms. The van der Waals surface area contributed by atoms with E-state index in [0.29, 0.717) is 6.04 Å². The van der Waals surface area contributed by atoms with E-state index < -0.39 is 0 Å². The summed E-state index contributed by atoms with van der Waals surface area (Å²) in [5.74, 6) is 0.924. The fourth-order valence-corrected chi connectivity index (χ4v) is 2.01. The lowest BCUT2D eigenvalue weighted by atomic mass is 10.3. The predicted molar refractivity (Wildman–Crippen MR) is 60.6 cm³/mol. The molecule has 72 valence electrons. The first-order valence-electron chi connectivity index (χ1n) is 4.57. The summed E-state index contributed by atoms with van der Waals surface area (Å²) in [6, 6.07) is 10.4. The van der Waals surface area contributed by atoms with Crippen molar-refractivity contribution in [1.29, 1.82) is 0 Å². The third kappa shape index (κ3) is 2.12. The first-order chi connectivity index (χ1) is 6.86. The van der Waals surface area contributed by atoms with E-state index in [2.05, 4.69) is 34.7 Å². The first-order valence-corrected chi connectivity index (χ1v) is 5.45. The summed E-state index contributed by atoms with van der Waals surface area (Å²) in [4.78, 5) is 5.55. The molecule has 0 spiro atoms. The average molecular weight is 204 g/mol. The fraction of sp³-hybridized carbons (Fsp3) is 0.182. The smallest absolute Gasteiger partial charge is 0.126 e. The molecule has 0 aromatic carbocycles. The van der Waals surface area contributed by atoms with E-state index in [1.807, 2.05) is 18.2 Å². The number of hydrogen-bond donors (Lipinski definition) is 1. The van der Waals surface area contributed by atoms with Crippen LogP contribution in [0.1, 0.15) is 17.8 Å². The zero-order valence-corrected chi connectivity index (χ0v) is 8.79. The molecule has 0 unspecified atom stereocenters. The highest BCUT2D eigenvalue weighted by molar-refractivity contribution is 7.10. The van der Waals surface area contributed by atoms with Gasteiger partial charge in [0.15, 0.2) is 0 Å². The van der Waals surface area contributed by atoms with E-state index in [0.717, 1.165) is 5.82 Å². The molecule has 2 nitrogen and oxygen atoms in total. The van der Waals surface area contributed by atoms with Gasteiger partial charge in [0.05, 0.1) is 6.04 Å². The van der Waals surface area contributed by atoms with Crippen LogP contribution in [-0.2, 0) is 0 Å². The molecular weight excluding hydrogens is 192 g/mol. The van der Waals surface area contributed by atoms with Crippen molar-refractivity contribution in [2.75, 3.05) is 5.32 Å². The quantitative estimate of drug-likeness (QED) is 0.829. The second-order valence-electron chi connectivity index (χ2n) is 3.10. The third-order valence-corrected chi connectivity index (χ3v) is 3.05. The Morgan fingerprint density at radius 1 is 1.29 bits per heavy atom. The molecule has 2 aromatic rings. The van der Waals surface area contributed by atoms with E-state index in [4.69, 9.17) is 0 Å². The van der Waals surface area contributed by atoms with Gasteiger partial charge in [-0.15, -0.1) is 11.3 Å². The largest absolute Gasteiger partial charge is 0.363 e. The second-order valence-corrected chi connectivity index (χ2v) is 4.08. The lowest BCUT2D eigenvalue weighted by molar-refractivity contribution is 0.896. The molecule has 0 aliphatic carbocycles. The molecule has 0 aliphatic rings. The fourth-order valence-electron chi connectivity index (χ4n) is 1.28. The molecule has 0 amide bonds. The van der Waals surface area contributed by atoms with Crippen molar-refractivity contribution in [3.63, 3.8) is 0 Å². The van der Waals surface area contributed by atoms with Crippen LogP contribution in [0.15, 0.2) is 41.9 Å². The van der Waals surface area contributed by atoms with Gasteiger partial charge in [-0.1, -0.05) is 12.1 Å². The summed E-state index contributed by atoms with van der Waals surface area (Å²) in [5, 5.41) is 5.43. The maximum absolute atomic E-state index is 4.22. The Kier molecular flexibility index (Phi) is 2.79. The van der Waals surface area contributed by atoms with Gasteiger partial charge in [0.2, 0.25) is 0 Å². The lowest BCUT2D eigenvalue weighted by Gasteiger charge is -2.12. The standard InChI is InChI=1S/C11H12N2S/c1-9(10-5-4-8-14-10)13-11-6-2-3-7-12-11/h2-9H,1H3,(H,12,13)/t9-/m0/s1. The van der Waals surface area contributed by atoms with Gasteiger partial charge in [-0.25, -0.2) is 4.98 Å². The molecule has 0 radical (unpaired) electrons. The van der Waals surface area contributed by atoms with Crippen LogP contribution in [0.2, 0.25) is 0 Å². The number of thiophene rings is 1. The number of hydrogen-bond acceptors (Lipinski definition) is 3. The van der Waals surface area contributed by atoms with Crippen molar-refractivity contribution in [2.45, 2.75) is 13.0 Å². The van der Waals surface area contributed by atoms with Crippen molar-refractivity contribution in [3.05, 3.63) is 46.8 Å². The highest BCUT2D eigenvalue weighted by Gasteiger charge is 2.05. The zero-order chi connectivity index (χ0) is 9.80. The molecule has 0 saturated heterocycles. The van der Waals surface area contributed by atoms with E-state index in [-0.39, 0.29) is 0 Å². The molecule has 1 atom stereocenters. The molecule has 0 saturated carbocycles. The van der Waals surface area contributed by atoms with Crippen molar-refractivity contribution in [2.24, 2.45) is 0 Å². The molecular formula is C11H12N2S. The Balaban J connectivity index is 2.06. The number of anilines is 1. The maximum Gasteiger partial charge on any atom is 0.126 e. The second kappa shape index (κ2) is 4.24. The normalized spacial score (nSPS) is 12.4. The summed E-state index contributed by atoms with van der Waals surface area (Å²) < 4.78 is 0. The minimum atomic E-state index is 0.324. The molecule has 2 heterocycles. The Morgan fingerprint density at radius 3 is 2.86 bits per heavy atom. The Labute approximate surface area is 87.6 Å². The SMILES string of the molecule is C[C@H](Nc1ccccn1)c1cccs1. The third-order valence-electron chi connectivity index (χ3n) is 2.00. The molecule has 2 aromatic heterocycles. The Bertz CT molecular complexity index is 369. The molecule has 2 rings (SSSR count). The van der Waals surface area contributed by atoms with E-state index in [1.165, 1.54) is 4.88 Å². The predicted octanol–water partition coefficient (Wildman–Crippen LogP) is 3.32. The summed E-state index contributed by atoms with van der Waals surface area (Å²) >= 11 is 1.76. The number of pyridine rings is 1. The van der Waals surface area contributed by atoms with E-state index in [1.54, 1.807) is 17.5 Å². The van der Waals surface area contributed by atoms with Crippen LogP contribution in [0.4, 0.5) is 5.82 Å². The minimum Gasteiger partial charge on any atom is -0.363 e. The Hall–Kier alpha value is -1.35. The number of aromatic nitrogens is 1. The van der Waals surface area contributed by atoms with Gasteiger partial charge < -0.3 is 5.32 Å². The van der Waals surface area contributed by atoms with Crippen LogP contribution in [-0.4, -0.2) is 4.98 Å². The van der Waals surface area contributed by atoms with Gasteiger partial charge in [-0.2, -0.15) is 0 Å². The summed E-state index contributed by atoms with van der Waals surface area (Å²) in [6.07, 6.45) is 1.80. The van der Waals surface area contributed by atoms with Crippen LogP contribution in [0.3, 0.4) is 0 Å². The van der Waals surface area contributed by atoms with Crippen LogP contribution < -0.4 is 5.32 Å². The zero-order valence-electron chi connectivity index (χ0n) is 7.97. The number of nitrogens with zero attached hydrogens (tertiary/aromatic N) is 1. The summed E-state index contributed by atoms with van der Waals surface area (Å²) in [5.41, 5.74) is 0. The van der Waals surface area contributed by atoms with Crippen molar-refractivity contribution in [1.82, 2.24) is 4.98 Å². The monoisotopic (exact) mass is 204 g/mol. The molecule has 1 N–H and O–H groups in total. The lowest BCUT2D eigenvalue weighted by Crippen LogP contribution is -2.05. The highest BCUT2D eigenvalue weighted by atomic mass is 32.1. The molecule has 0 bridgehead atoms. The first kappa shape index (κ1) is 9.21. The number of nitrogens with one attached hydrogen (secondary N) is 1. The van der Waals surface area contributed by atoms with Crippen molar-refractivity contribution < 1.29 is 0 Å². The van der Waals surface area contributed by atoms with E-state index in [9.17, 15) is 0 Å². The summed E-state index contributed by atoms with van der Waals surface area (Å²) in [7, 11) is 0. The molecule has 0 aliphatic heterocycles. The van der Waals surface area contributed by atoms with Crippen LogP contribution in [0.25, 0.3) is 0 Å². The van der Waals surface area contributed by atoms with Gasteiger partial charge in [0, 0.05) is 11.1 Å². The van der Waals surface area contributed by atoms with E-state index >= 15 is 0 Å². The van der Waals surface area contributed by atoms with Crippen LogP contribution >= 0.6 is 11.3 Å². The van der Waals surface area contributed by atoms with Crippen LogP contribution in [0.5, 0.6) is 0 Å². The molecule has 0 fully saturated rings.